The molecule has 4 rings (SSSR count). The Morgan fingerprint density at radius 3 is 2.71 bits per heavy atom. The van der Waals surface area contributed by atoms with E-state index in [1.54, 1.807) is 29.0 Å². The lowest BCUT2D eigenvalue weighted by molar-refractivity contribution is 0.834. The summed E-state index contributed by atoms with van der Waals surface area (Å²) in [6.07, 6.45) is 3.51. The van der Waals surface area contributed by atoms with Gasteiger partial charge in [0.05, 0.1) is 11.2 Å². The number of rotatable bonds is 4. The lowest BCUT2D eigenvalue weighted by Gasteiger charge is -2.06. The molecule has 0 aliphatic rings. The van der Waals surface area contributed by atoms with Gasteiger partial charge in [-0.2, -0.15) is 0 Å². The van der Waals surface area contributed by atoms with Crippen LogP contribution in [0.5, 0.6) is 0 Å². The smallest absolute Gasteiger partial charge is 0.209 e. The van der Waals surface area contributed by atoms with Crippen LogP contribution in [0.1, 0.15) is 5.56 Å². The average molecular weight is 353 g/mol. The van der Waals surface area contributed by atoms with Crippen molar-refractivity contribution in [1.82, 2.24) is 19.7 Å². The van der Waals surface area contributed by atoms with Crippen molar-refractivity contribution in [2.75, 3.05) is 0 Å². The molecule has 0 atom stereocenters. The molecule has 0 unspecified atom stereocenters. The van der Waals surface area contributed by atoms with Crippen molar-refractivity contribution in [2.45, 2.75) is 10.9 Å². The SMILES string of the molecule is Clc1ccc2cccnc2c1CSc1ncn(-c2ccccc2)n1. The molecular weight excluding hydrogens is 340 g/mol. The Balaban J connectivity index is 1.58. The summed E-state index contributed by atoms with van der Waals surface area (Å²) in [6, 6.07) is 17.8. The first kappa shape index (κ1) is 15.2. The second kappa shape index (κ2) is 6.63. The molecule has 0 amide bonds. The van der Waals surface area contributed by atoms with Gasteiger partial charge in [0.2, 0.25) is 5.16 Å². The van der Waals surface area contributed by atoms with Crippen LogP contribution in [0.2, 0.25) is 5.02 Å². The van der Waals surface area contributed by atoms with E-state index < -0.39 is 0 Å². The summed E-state index contributed by atoms with van der Waals surface area (Å²) < 4.78 is 1.77. The zero-order valence-electron chi connectivity index (χ0n) is 12.6. The van der Waals surface area contributed by atoms with Crippen LogP contribution in [-0.2, 0) is 5.75 Å². The van der Waals surface area contributed by atoms with Crippen LogP contribution in [0.3, 0.4) is 0 Å². The maximum Gasteiger partial charge on any atom is 0.209 e. The Morgan fingerprint density at radius 2 is 1.83 bits per heavy atom. The number of aromatic nitrogens is 4. The highest BCUT2D eigenvalue weighted by atomic mass is 35.5. The van der Waals surface area contributed by atoms with E-state index in [-0.39, 0.29) is 0 Å². The van der Waals surface area contributed by atoms with Gasteiger partial charge in [-0.05, 0) is 24.3 Å². The highest BCUT2D eigenvalue weighted by molar-refractivity contribution is 7.98. The molecule has 6 heteroatoms. The number of hydrogen-bond donors (Lipinski definition) is 0. The number of nitrogens with zero attached hydrogens (tertiary/aromatic N) is 4. The van der Waals surface area contributed by atoms with Gasteiger partial charge in [0, 0.05) is 27.9 Å². The van der Waals surface area contributed by atoms with Gasteiger partial charge in [0.15, 0.2) is 0 Å². The zero-order chi connectivity index (χ0) is 16.4. The van der Waals surface area contributed by atoms with Crippen LogP contribution in [0.15, 0.2) is 72.3 Å². The fraction of sp³-hybridized carbons (Fsp3) is 0.0556. The minimum atomic E-state index is 0.673. The molecule has 0 fully saturated rings. The summed E-state index contributed by atoms with van der Waals surface area (Å²) in [5.74, 6) is 0.673. The Kier molecular flexibility index (Phi) is 4.19. The predicted octanol–water partition coefficient (Wildman–Crippen LogP) is 4.76. The summed E-state index contributed by atoms with van der Waals surface area (Å²) >= 11 is 7.92. The maximum absolute atomic E-state index is 6.37. The third-order valence-electron chi connectivity index (χ3n) is 3.66. The lowest BCUT2D eigenvalue weighted by atomic mass is 10.1. The Morgan fingerprint density at radius 1 is 0.958 bits per heavy atom. The summed E-state index contributed by atoms with van der Waals surface area (Å²) in [5.41, 5.74) is 2.93. The van der Waals surface area contributed by atoms with E-state index in [1.807, 2.05) is 54.6 Å². The van der Waals surface area contributed by atoms with E-state index in [9.17, 15) is 0 Å². The molecule has 0 aliphatic carbocycles. The van der Waals surface area contributed by atoms with Crippen LogP contribution in [-0.4, -0.2) is 19.7 Å². The van der Waals surface area contributed by atoms with Gasteiger partial charge in [-0.1, -0.05) is 53.7 Å². The van der Waals surface area contributed by atoms with Gasteiger partial charge in [0.1, 0.15) is 6.33 Å². The molecule has 0 N–H and O–H groups in total. The lowest BCUT2D eigenvalue weighted by Crippen LogP contribution is -1.94. The maximum atomic E-state index is 6.37. The molecule has 0 aliphatic heterocycles. The molecule has 2 aromatic heterocycles. The third-order valence-corrected chi connectivity index (χ3v) is 4.89. The monoisotopic (exact) mass is 352 g/mol. The van der Waals surface area contributed by atoms with Crippen LogP contribution in [0, 0.1) is 0 Å². The minimum Gasteiger partial charge on any atom is -0.256 e. The number of pyridine rings is 1. The molecule has 0 spiro atoms. The topological polar surface area (TPSA) is 43.6 Å². The van der Waals surface area contributed by atoms with Gasteiger partial charge in [-0.15, -0.1) is 5.10 Å². The predicted molar refractivity (Wildman–Crippen MR) is 97.7 cm³/mol. The van der Waals surface area contributed by atoms with E-state index in [0.717, 1.165) is 27.2 Å². The van der Waals surface area contributed by atoms with Crippen molar-refractivity contribution >= 4 is 34.3 Å². The second-order valence-corrected chi connectivity index (χ2v) is 6.55. The fourth-order valence-electron chi connectivity index (χ4n) is 2.47. The first-order valence-corrected chi connectivity index (χ1v) is 8.79. The van der Waals surface area contributed by atoms with E-state index in [1.165, 1.54) is 0 Å². The second-order valence-electron chi connectivity index (χ2n) is 5.20. The van der Waals surface area contributed by atoms with E-state index >= 15 is 0 Å². The molecule has 2 aromatic carbocycles. The van der Waals surface area contributed by atoms with Crippen molar-refractivity contribution in [2.24, 2.45) is 0 Å². The molecule has 118 valence electrons. The number of halogens is 1. The van der Waals surface area contributed by atoms with Crippen molar-refractivity contribution < 1.29 is 0 Å². The Labute approximate surface area is 148 Å². The molecule has 0 bridgehead atoms. The standard InChI is InChI=1S/C18H13ClN4S/c19-16-9-8-13-5-4-10-20-17(13)15(16)11-24-18-21-12-23(22-18)14-6-2-1-3-7-14/h1-10,12H,11H2. The van der Waals surface area contributed by atoms with Crippen molar-refractivity contribution in [1.29, 1.82) is 0 Å². The molecule has 0 saturated carbocycles. The molecule has 4 nitrogen and oxygen atoms in total. The normalized spacial score (nSPS) is 11.0. The highest BCUT2D eigenvalue weighted by Crippen LogP contribution is 2.30. The number of benzene rings is 2. The van der Waals surface area contributed by atoms with Crippen molar-refractivity contribution in [3.8, 4) is 5.69 Å². The molecule has 24 heavy (non-hydrogen) atoms. The average Bonchev–Trinajstić information content (AvgIpc) is 3.11. The van der Waals surface area contributed by atoms with Crippen LogP contribution in [0.25, 0.3) is 16.6 Å². The van der Waals surface area contributed by atoms with Gasteiger partial charge in [-0.3, -0.25) is 4.98 Å². The van der Waals surface area contributed by atoms with Gasteiger partial charge in [0.25, 0.3) is 0 Å². The van der Waals surface area contributed by atoms with Crippen molar-refractivity contribution in [3.05, 3.63) is 77.7 Å². The quantitative estimate of drug-likeness (QED) is 0.496. The van der Waals surface area contributed by atoms with E-state index in [4.69, 9.17) is 11.6 Å². The Bertz CT molecular complexity index is 985. The fourth-order valence-corrected chi connectivity index (χ4v) is 3.61. The Hall–Kier alpha value is -2.37. The third kappa shape index (κ3) is 3.00. The molecule has 0 radical (unpaired) electrons. The van der Waals surface area contributed by atoms with Crippen LogP contribution in [0.4, 0.5) is 0 Å². The van der Waals surface area contributed by atoms with Gasteiger partial charge >= 0.3 is 0 Å². The molecule has 4 aromatic rings. The molecule has 2 heterocycles. The van der Waals surface area contributed by atoms with Gasteiger partial charge in [-0.25, -0.2) is 9.67 Å². The highest BCUT2D eigenvalue weighted by Gasteiger charge is 2.10. The van der Waals surface area contributed by atoms with Crippen LogP contribution < -0.4 is 0 Å². The summed E-state index contributed by atoms with van der Waals surface area (Å²) in [4.78, 5) is 8.83. The van der Waals surface area contributed by atoms with E-state index in [0.29, 0.717) is 10.9 Å². The zero-order valence-corrected chi connectivity index (χ0v) is 14.2. The molecule has 0 saturated heterocycles. The van der Waals surface area contributed by atoms with Gasteiger partial charge < -0.3 is 0 Å². The summed E-state index contributed by atoms with van der Waals surface area (Å²) in [7, 11) is 0. The van der Waals surface area contributed by atoms with E-state index in [2.05, 4.69) is 15.1 Å². The first-order valence-electron chi connectivity index (χ1n) is 7.43. The largest absolute Gasteiger partial charge is 0.256 e. The van der Waals surface area contributed by atoms with Crippen molar-refractivity contribution in [3.63, 3.8) is 0 Å². The summed E-state index contributed by atoms with van der Waals surface area (Å²) in [5, 5.41) is 7.02. The number of fused-ring (bicyclic) bond motifs is 1. The summed E-state index contributed by atoms with van der Waals surface area (Å²) in [6.45, 7) is 0. The minimum absolute atomic E-state index is 0.673. The first-order chi connectivity index (χ1) is 11.8. The number of thioether (sulfide) groups is 1. The number of hydrogen-bond acceptors (Lipinski definition) is 4. The molecular formula is C18H13ClN4S. The number of para-hydroxylation sites is 1. The van der Waals surface area contributed by atoms with Crippen LogP contribution >= 0.6 is 23.4 Å².